The van der Waals surface area contributed by atoms with Crippen LogP contribution >= 0.6 is 11.6 Å². The number of hydrogen-bond acceptors (Lipinski definition) is 5. The molecule has 6 nitrogen and oxygen atoms in total. The van der Waals surface area contributed by atoms with E-state index < -0.39 is 0 Å². The maximum absolute atomic E-state index is 5.99. The first-order valence-corrected chi connectivity index (χ1v) is 7.19. The van der Waals surface area contributed by atoms with Crippen LogP contribution in [0.15, 0.2) is 6.33 Å². The second kappa shape index (κ2) is 4.86. The van der Waals surface area contributed by atoms with Gasteiger partial charge in [-0.2, -0.15) is 9.97 Å². The Morgan fingerprint density at radius 1 is 1.15 bits per heavy atom. The topological polar surface area (TPSA) is 60.9 Å². The van der Waals surface area contributed by atoms with E-state index in [1.54, 1.807) is 6.33 Å². The summed E-state index contributed by atoms with van der Waals surface area (Å²) in [6, 6.07) is 0. The van der Waals surface area contributed by atoms with Gasteiger partial charge in [0.2, 0.25) is 5.28 Å². The first kappa shape index (κ1) is 13.6. The quantitative estimate of drug-likeness (QED) is 0.814. The number of imidazole rings is 1. The van der Waals surface area contributed by atoms with E-state index in [0.29, 0.717) is 5.65 Å². The van der Waals surface area contributed by atoms with Crippen molar-refractivity contribution in [2.45, 2.75) is 26.3 Å². The fraction of sp³-hybridized carbons (Fsp3) is 0.615. The van der Waals surface area contributed by atoms with Gasteiger partial charge in [0.25, 0.3) is 0 Å². The molecule has 2 aromatic rings. The van der Waals surface area contributed by atoms with Crippen LogP contribution < -0.4 is 4.90 Å². The molecule has 0 unspecified atom stereocenters. The van der Waals surface area contributed by atoms with Crippen LogP contribution in [-0.4, -0.2) is 56.6 Å². The summed E-state index contributed by atoms with van der Waals surface area (Å²) in [6.45, 7) is 10.6. The van der Waals surface area contributed by atoms with Crippen molar-refractivity contribution in [1.82, 2.24) is 24.8 Å². The van der Waals surface area contributed by atoms with Crippen LogP contribution in [0.25, 0.3) is 11.2 Å². The molecule has 7 heteroatoms. The summed E-state index contributed by atoms with van der Waals surface area (Å²) in [4.78, 5) is 20.5. The molecule has 2 aromatic heterocycles. The molecular formula is C13H19ClN6. The third-order valence-corrected chi connectivity index (χ3v) is 3.94. The van der Waals surface area contributed by atoms with Crippen LogP contribution in [0.2, 0.25) is 5.28 Å². The molecule has 1 aliphatic rings. The van der Waals surface area contributed by atoms with Crippen molar-refractivity contribution in [1.29, 1.82) is 0 Å². The molecule has 0 atom stereocenters. The zero-order chi connectivity index (χ0) is 14.3. The van der Waals surface area contributed by atoms with Gasteiger partial charge < -0.3 is 9.88 Å². The van der Waals surface area contributed by atoms with Crippen LogP contribution in [0.1, 0.15) is 20.8 Å². The van der Waals surface area contributed by atoms with Crippen molar-refractivity contribution in [2.75, 3.05) is 31.1 Å². The molecule has 1 N–H and O–H groups in total. The molecular weight excluding hydrogens is 276 g/mol. The molecule has 1 saturated heterocycles. The fourth-order valence-corrected chi connectivity index (χ4v) is 2.77. The third kappa shape index (κ3) is 2.45. The van der Waals surface area contributed by atoms with Gasteiger partial charge in [0.1, 0.15) is 5.52 Å². The summed E-state index contributed by atoms with van der Waals surface area (Å²) in [5, 5.41) is 0.248. The van der Waals surface area contributed by atoms with Crippen molar-refractivity contribution in [3.05, 3.63) is 11.6 Å². The van der Waals surface area contributed by atoms with Gasteiger partial charge in [-0.15, -0.1) is 0 Å². The van der Waals surface area contributed by atoms with E-state index in [-0.39, 0.29) is 10.8 Å². The van der Waals surface area contributed by atoms with Gasteiger partial charge in [-0.25, -0.2) is 4.98 Å². The van der Waals surface area contributed by atoms with Crippen molar-refractivity contribution < 1.29 is 0 Å². The number of halogens is 1. The lowest BCUT2D eigenvalue weighted by atomic mass is 10.1. The summed E-state index contributed by atoms with van der Waals surface area (Å²) in [5.74, 6) is 0.853. The van der Waals surface area contributed by atoms with Crippen LogP contribution in [0, 0.1) is 0 Å². The fourth-order valence-electron chi connectivity index (χ4n) is 2.61. The van der Waals surface area contributed by atoms with E-state index in [1.165, 1.54) is 0 Å². The maximum Gasteiger partial charge on any atom is 0.226 e. The molecule has 108 valence electrons. The Kier molecular flexibility index (Phi) is 3.30. The van der Waals surface area contributed by atoms with Crippen molar-refractivity contribution in [2.24, 2.45) is 0 Å². The SMILES string of the molecule is CC(C)(C)N1CCN(c2nc(Cl)nc3nc[nH]c23)CC1. The Morgan fingerprint density at radius 2 is 1.85 bits per heavy atom. The first-order chi connectivity index (χ1) is 9.45. The molecule has 0 aromatic carbocycles. The minimum atomic E-state index is 0.207. The second-order valence-electron chi connectivity index (χ2n) is 6.06. The number of H-pyrrole nitrogens is 1. The van der Waals surface area contributed by atoms with E-state index in [4.69, 9.17) is 11.6 Å². The summed E-state index contributed by atoms with van der Waals surface area (Å²) >= 11 is 5.99. The zero-order valence-corrected chi connectivity index (χ0v) is 12.8. The Bertz CT molecular complexity index is 609. The first-order valence-electron chi connectivity index (χ1n) is 6.82. The molecule has 0 spiro atoms. The minimum Gasteiger partial charge on any atom is -0.352 e. The van der Waals surface area contributed by atoms with Gasteiger partial charge >= 0.3 is 0 Å². The third-order valence-electron chi connectivity index (χ3n) is 3.77. The summed E-state index contributed by atoms with van der Waals surface area (Å²) in [6.07, 6.45) is 1.63. The number of hydrogen-bond donors (Lipinski definition) is 1. The molecule has 1 aliphatic heterocycles. The van der Waals surface area contributed by atoms with Crippen LogP contribution in [0.3, 0.4) is 0 Å². The molecule has 1 fully saturated rings. The van der Waals surface area contributed by atoms with E-state index >= 15 is 0 Å². The molecule has 0 saturated carbocycles. The highest BCUT2D eigenvalue weighted by Crippen LogP contribution is 2.25. The predicted molar refractivity (Wildman–Crippen MR) is 80.2 cm³/mol. The summed E-state index contributed by atoms with van der Waals surface area (Å²) < 4.78 is 0. The Hall–Kier alpha value is -1.40. The molecule has 0 radical (unpaired) electrons. The normalized spacial score (nSPS) is 17.9. The standard InChI is InChI=1S/C13H19ClN6/c1-13(2,3)20-6-4-19(5-7-20)11-9-10(16-8-15-9)17-12(14)18-11/h8H,4-7H2,1-3H3,(H,15,16,17,18). The van der Waals surface area contributed by atoms with E-state index in [9.17, 15) is 0 Å². The number of rotatable bonds is 1. The Labute approximate surface area is 123 Å². The molecule has 3 rings (SSSR count). The highest BCUT2D eigenvalue weighted by atomic mass is 35.5. The largest absolute Gasteiger partial charge is 0.352 e. The van der Waals surface area contributed by atoms with Gasteiger partial charge in [0.15, 0.2) is 11.5 Å². The van der Waals surface area contributed by atoms with E-state index in [2.05, 4.69) is 50.5 Å². The average Bonchev–Trinajstić information content (AvgIpc) is 2.85. The van der Waals surface area contributed by atoms with Crippen LogP contribution in [0.4, 0.5) is 5.82 Å². The highest BCUT2D eigenvalue weighted by Gasteiger charge is 2.27. The molecule has 3 heterocycles. The Balaban J connectivity index is 1.85. The van der Waals surface area contributed by atoms with Gasteiger partial charge in [-0.05, 0) is 32.4 Å². The number of nitrogens with zero attached hydrogens (tertiary/aromatic N) is 5. The monoisotopic (exact) mass is 294 g/mol. The lowest BCUT2D eigenvalue weighted by Crippen LogP contribution is -2.53. The number of aromatic nitrogens is 4. The lowest BCUT2D eigenvalue weighted by Gasteiger charge is -2.42. The molecule has 20 heavy (non-hydrogen) atoms. The number of nitrogens with one attached hydrogen (secondary N) is 1. The van der Waals surface area contributed by atoms with Crippen LogP contribution in [-0.2, 0) is 0 Å². The highest BCUT2D eigenvalue weighted by molar-refractivity contribution is 6.28. The van der Waals surface area contributed by atoms with Crippen molar-refractivity contribution in [3.8, 4) is 0 Å². The van der Waals surface area contributed by atoms with Crippen LogP contribution in [0.5, 0.6) is 0 Å². The average molecular weight is 295 g/mol. The van der Waals surface area contributed by atoms with Gasteiger partial charge in [0, 0.05) is 31.7 Å². The number of fused-ring (bicyclic) bond motifs is 1. The number of anilines is 1. The van der Waals surface area contributed by atoms with Crippen molar-refractivity contribution in [3.63, 3.8) is 0 Å². The van der Waals surface area contributed by atoms with Gasteiger partial charge in [0.05, 0.1) is 6.33 Å². The lowest BCUT2D eigenvalue weighted by molar-refractivity contribution is 0.128. The molecule has 0 amide bonds. The zero-order valence-electron chi connectivity index (χ0n) is 12.0. The van der Waals surface area contributed by atoms with Crippen molar-refractivity contribution >= 4 is 28.6 Å². The number of piperazine rings is 1. The minimum absolute atomic E-state index is 0.207. The maximum atomic E-state index is 5.99. The molecule has 0 aliphatic carbocycles. The Morgan fingerprint density at radius 3 is 2.50 bits per heavy atom. The van der Waals surface area contributed by atoms with E-state index in [1.807, 2.05) is 0 Å². The predicted octanol–water partition coefficient (Wildman–Crippen LogP) is 1.93. The van der Waals surface area contributed by atoms with Gasteiger partial charge in [-0.3, -0.25) is 4.90 Å². The molecule has 0 bridgehead atoms. The van der Waals surface area contributed by atoms with E-state index in [0.717, 1.165) is 37.5 Å². The number of aromatic amines is 1. The summed E-state index contributed by atoms with van der Waals surface area (Å²) in [7, 11) is 0. The smallest absolute Gasteiger partial charge is 0.226 e. The second-order valence-corrected chi connectivity index (χ2v) is 6.40. The van der Waals surface area contributed by atoms with Gasteiger partial charge in [-0.1, -0.05) is 0 Å². The summed E-state index contributed by atoms with van der Waals surface area (Å²) in [5.41, 5.74) is 1.69.